The van der Waals surface area contributed by atoms with E-state index in [2.05, 4.69) is 34.7 Å². The van der Waals surface area contributed by atoms with Crippen LogP contribution in [0.2, 0.25) is 0 Å². The van der Waals surface area contributed by atoms with Gasteiger partial charge in [-0.15, -0.1) is 11.8 Å². The van der Waals surface area contributed by atoms with Crippen molar-refractivity contribution < 1.29 is 0 Å². The first kappa shape index (κ1) is 9.04. The summed E-state index contributed by atoms with van der Waals surface area (Å²) < 4.78 is 0. The first-order valence-electron chi connectivity index (χ1n) is 3.31. The van der Waals surface area contributed by atoms with Gasteiger partial charge in [-0.25, -0.2) is 0 Å². The van der Waals surface area contributed by atoms with E-state index in [9.17, 15) is 0 Å². The predicted octanol–water partition coefficient (Wildman–Crippen LogP) is 2.96. The molecule has 0 saturated carbocycles. The minimum absolute atomic E-state index is 0.649. The van der Waals surface area contributed by atoms with Crippen LogP contribution >= 0.6 is 15.9 Å². The van der Waals surface area contributed by atoms with Crippen molar-refractivity contribution in [2.24, 2.45) is 0 Å². The summed E-state index contributed by atoms with van der Waals surface area (Å²) in [5, 5.41) is 0. The highest BCUT2D eigenvalue weighted by Crippen LogP contribution is 2.07. The summed E-state index contributed by atoms with van der Waals surface area (Å²) in [7, 11) is 0. The molecule has 0 nitrogen and oxygen atoms in total. The predicted molar refractivity (Wildman–Crippen MR) is 45.7 cm³/mol. The van der Waals surface area contributed by atoms with Crippen molar-refractivity contribution in [3.63, 3.8) is 0 Å². The fraction of sp³-hybridized carbons (Fsp3) is 0.750. The second-order valence-electron chi connectivity index (χ2n) is 2.10. The van der Waals surface area contributed by atoms with Crippen LogP contribution < -0.4 is 0 Å². The Kier molecular flexibility index (Phi) is 6.19. The molecule has 9 heavy (non-hydrogen) atoms. The summed E-state index contributed by atoms with van der Waals surface area (Å²) >= 11 is 3.48. The van der Waals surface area contributed by atoms with Gasteiger partial charge in [0.05, 0.1) is 0 Å². The minimum atomic E-state index is 0.649. The molecule has 0 fully saturated rings. The molecule has 0 amide bonds. The summed E-state index contributed by atoms with van der Waals surface area (Å²) in [6.45, 7) is 4.05. The minimum Gasteiger partial charge on any atom is -0.107 e. The molecule has 0 spiro atoms. The van der Waals surface area contributed by atoms with Crippen LogP contribution in [0.15, 0.2) is 0 Å². The molecule has 0 radical (unpaired) electrons. The Bertz CT molecular complexity index is 105. The van der Waals surface area contributed by atoms with E-state index in [1.54, 1.807) is 0 Å². The molecule has 0 aliphatic rings. The maximum absolute atomic E-state index is 3.48. The van der Waals surface area contributed by atoms with Crippen LogP contribution in [0.1, 0.15) is 33.1 Å². The highest BCUT2D eigenvalue weighted by atomic mass is 79.9. The van der Waals surface area contributed by atoms with E-state index in [0.29, 0.717) is 4.83 Å². The van der Waals surface area contributed by atoms with Gasteiger partial charge in [0.15, 0.2) is 0 Å². The molecule has 0 aromatic heterocycles. The molecule has 0 aliphatic heterocycles. The lowest BCUT2D eigenvalue weighted by molar-refractivity contribution is 0.758. The molecule has 0 bridgehead atoms. The highest BCUT2D eigenvalue weighted by Gasteiger charge is 1.91. The van der Waals surface area contributed by atoms with Crippen LogP contribution in [-0.4, -0.2) is 4.83 Å². The fourth-order valence-electron chi connectivity index (χ4n) is 0.597. The Morgan fingerprint density at radius 2 is 2.22 bits per heavy atom. The molecule has 1 unspecified atom stereocenters. The molecule has 1 atom stereocenters. The van der Waals surface area contributed by atoms with E-state index in [4.69, 9.17) is 0 Å². The average molecular weight is 189 g/mol. The van der Waals surface area contributed by atoms with Gasteiger partial charge < -0.3 is 0 Å². The van der Waals surface area contributed by atoms with Gasteiger partial charge in [-0.1, -0.05) is 22.9 Å². The number of halogens is 1. The van der Waals surface area contributed by atoms with Crippen LogP contribution in [-0.2, 0) is 0 Å². The van der Waals surface area contributed by atoms with Gasteiger partial charge in [-0.05, 0) is 19.8 Å². The molecule has 52 valence electrons. The molecular formula is C8H13Br. The summed E-state index contributed by atoms with van der Waals surface area (Å²) in [5.74, 6) is 5.91. The number of rotatable bonds is 3. The largest absolute Gasteiger partial charge is 0.107 e. The molecule has 0 aromatic carbocycles. The number of hydrogen-bond donors (Lipinski definition) is 0. The van der Waals surface area contributed by atoms with Crippen molar-refractivity contribution in [2.45, 2.75) is 37.9 Å². The first-order valence-corrected chi connectivity index (χ1v) is 4.22. The Morgan fingerprint density at radius 1 is 1.56 bits per heavy atom. The van der Waals surface area contributed by atoms with Crippen LogP contribution in [0, 0.1) is 11.8 Å². The molecule has 0 aromatic rings. The third-order valence-electron chi connectivity index (χ3n) is 1.08. The molecular weight excluding hydrogens is 176 g/mol. The van der Waals surface area contributed by atoms with Crippen molar-refractivity contribution in [3.05, 3.63) is 0 Å². The van der Waals surface area contributed by atoms with Crippen molar-refractivity contribution in [2.75, 3.05) is 0 Å². The summed E-state index contributed by atoms with van der Waals surface area (Å²) in [6, 6.07) is 0. The monoisotopic (exact) mass is 188 g/mol. The smallest absolute Gasteiger partial charge is 0.0117 e. The Hall–Kier alpha value is 0.0400. The van der Waals surface area contributed by atoms with Crippen LogP contribution in [0.25, 0.3) is 0 Å². The lowest BCUT2D eigenvalue weighted by atomic mass is 10.2. The van der Waals surface area contributed by atoms with Gasteiger partial charge >= 0.3 is 0 Å². The zero-order valence-electron chi connectivity index (χ0n) is 6.08. The molecule has 0 saturated heterocycles. The SMILES string of the molecule is CC#CCCCC(C)Br. The van der Waals surface area contributed by atoms with Gasteiger partial charge in [-0.2, -0.15) is 0 Å². The zero-order chi connectivity index (χ0) is 7.11. The van der Waals surface area contributed by atoms with E-state index < -0.39 is 0 Å². The third kappa shape index (κ3) is 8.04. The Labute approximate surface area is 66.2 Å². The maximum Gasteiger partial charge on any atom is 0.0117 e. The molecule has 0 N–H and O–H groups in total. The normalized spacial score (nSPS) is 11.9. The summed E-state index contributed by atoms with van der Waals surface area (Å²) in [4.78, 5) is 0.649. The first-order chi connectivity index (χ1) is 4.27. The van der Waals surface area contributed by atoms with E-state index in [1.807, 2.05) is 6.92 Å². The average Bonchev–Trinajstić information content (AvgIpc) is 1.80. The number of alkyl halides is 1. The lowest BCUT2D eigenvalue weighted by Crippen LogP contribution is -1.87. The van der Waals surface area contributed by atoms with Crippen molar-refractivity contribution >= 4 is 15.9 Å². The maximum atomic E-state index is 3.48. The van der Waals surface area contributed by atoms with E-state index >= 15 is 0 Å². The topological polar surface area (TPSA) is 0 Å². The van der Waals surface area contributed by atoms with Crippen LogP contribution in [0.5, 0.6) is 0 Å². The van der Waals surface area contributed by atoms with Crippen LogP contribution in [0.4, 0.5) is 0 Å². The number of hydrogen-bond acceptors (Lipinski definition) is 0. The third-order valence-corrected chi connectivity index (χ3v) is 1.54. The zero-order valence-corrected chi connectivity index (χ0v) is 7.66. The van der Waals surface area contributed by atoms with E-state index in [0.717, 1.165) is 6.42 Å². The Morgan fingerprint density at radius 3 is 2.67 bits per heavy atom. The second kappa shape index (κ2) is 6.16. The Balaban J connectivity index is 2.98. The highest BCUT2D eigenvalue weighted by molar-refractivity contribution is 9.09. The second-order valence-corrected chi connectivity index (χ2v) is 3.66. The lowest BCUT2D eigenvalue weighted by Gasteiger charge is -1.97. The van der Waals surface area contributed by atoms with E-state index in [-0.39, 0.29) is 0 Å². The quantitative estimate of drug-likeness (QED) is 0.363. The van der Waals surface area contributed by atoms with Crippen LogP contribution in [0.3, 0.4) is 0 Å². The number of unbranched alkanes of at least 4 members (excludes halogenated alkanes) is 1. The van der Waals surface area contributed by atoms with E-state index in [1.165, 1.54) is 12.8 Å². The van der Waals surface area contributed by atoms with Gasteiger partial charge in [0, 0.05) is 11.2 Å². The van der Waals surface area contributed by atoms with Gasteiger partial charge in [-0.3, -0.25) is 0 Å². The van der Waals surface area contributed by atoms with Gasteiger partial charge in [0.1, 0.15) is 0 Å². The molecule has 0 aliphatic carbocycles. The molecule has 0 heterocycles. The summed E-state index contributed by atoms with van der Waals surface area (Å²) in [6.07, 6.45) is 3.49. The standard InChI is InChI=1S/C8H13Br/c1-3-4-5-6-7-8(2)9/h8H,5-7H2,1-2H3. The fourth-order valence-corrected chi connectivity index (χ4v) is 0.920. The van der Waals surface area contributed by atoms with Crippen molar-refractivity contribution in [3.8, 4) is 11.8 Å². The van der Waals surface area contributed by atoms with Gasteiger partial charge in [0.25, 0.3) is 0 Å². The van der Waals surface area contributed by atoms with Crippen molar-refractivity contribution in [1.82, 2.24) is 0 Å². The summed E-state index contributed by atoms with van der Waals surface area (Å²) in [5.41, 5.74) is 0. The molecule has 1 heteroatoms. The molecule has 0 rings (SSSR count). The van der Waals surface area contributed by atoms with Gasteiger partial charge in [0.2, 0.25) is 0 Å². The van der Waals surface area contributed by atoms with Crippen molar-refractivity contribution in [1.29, 1.82) is 0 Å².